The van der Waals surface area contributed by atoms with Gasteiger partial charge in [0.2, 0.25) is 0 Å². The highest BCUT2D eigenvalue weighted by atomic mass is 16.6. The zero-order valence-corrected chi connectivity index (χ0v) is 14.0. The van der Waals surface area contributed by atoms with Crippen molar-refractivity contribution in [3.05, 3.63) is 24.3 Å². The summed E-state index contributed by atoms with van der Waals surface area (Å²) in [5, 5.41) is 5.18. The van der Waals surface area contributed by atoms with Gasteiger partial charge in [-0.1, -0.05) is 12.1 Å². The number of alkyl carbamates (subject to hydrolysis) is 1. The Hall–Kier alpha value is -2.44. The second kappa shape index (κ2) is 8.87. The van der Waals surface area contributed by atoms with E-state index in [0.717, 1.165) is 0 Å². The van der Waals surface area contributed by atoms with Crippen molar-refractivity contribution >= 4 is 12.0 Å². The molecule has 0 aliphatic rings. The molecule has 2 N–H and O–H groups in total. The molecular formula is C16H24N2O5. The lowest BCUT2D eigenvalue weighted by Gasteiger charge is -2.19. The van der Waals surface area contributed by atoms with Gasteiger partial charge < -0.3 is 24.8 Å². The van der Waals surface area contributed by atoms with Gasteiger partial charge in [0, 0.05) is 13.1 Å². The molecule has 1 aromatic carbocycles. The largest absolute Gasteiger partial charge is 0.493 e. The average Bonchev–Trinajstić information content (AvgIpc) is 2.48. The lowest BCUT2D eigenvalue weighted by molar-refractivity contribution is -0.123. The molecule has 0 aliphatic carbocycles. The third kappa shape index (κ3) is 7.94. The summed E-state index contributed by atoms with van der Waals surface area (Å²) in [6, 6.07) is 7.07. The molecule has 128 valence electrons. The van der Waals surface area contributed by atoms with Gasteiger partial charge >= 0.3 is 6.09 Å². The molecule has 0 atom stereocenters. The third-order valence-electron chi connectivity index (χ3n) is 2.54. The highest BCUT2D eigenvalue weighted by Gasteiger charge is 2.15. The van der Waals surface area contributed by atoms with E-state index < -0.39 is 11.7 Å². The van der Waals surface area contributed by atoms with Crippen molar-refractivity contribution in [2.24, 2.45) is 0 Å². The Morgan fingerprint density at radius 1 is 1.04 bits per heavy atom. The Balaban J connectivity index is 2.21. The molecule has 0 aromatic heterocycles. The molecule has 1 rings (SSSR count). The number of benzene rings is 1. The van der Waals surface area contributed by atoms with Crippen LogP contribution in [0.25, 0.3) is 0 Å². The number of hydrogen-bond donors (Lipinski definition) is 2. The molecule has 0 saturated heterocycles. The quantitative estimate of drug-likeness (QED) is 0.746. The Morgan fingerprint density at radius 3 is 2.26 bits per heavy atom. The summed E-state index contributed by atoms with van der Waals surface area (Å²) in [6.07, 6.45) is -0.517. The predicted molar refractivity (Wildman–Crippen MR) is 85.7 cm³/mol. The maximum atomic E-state index is 11.7. The smallest absolute Gasteiger partial charge is 0.407 e. The summed E-state index contributed by atoms with van der Waals surface area (Å²) in [6.45, 7) is 5.77. The van der Waals surface area contributed by atoms with Gasteiger partial charge in [0.15, 0.2) is 18.1 Å². The number of rotatable bonds is 7. The molecule has 23 heavy (non-hydrogen) atoms. The van der Waals surface area contributed by atoms with E-state index in [1.807, 2.05) is 6.07 Å². The van der Waals surface area contributed by atoms with Crippen LogP contribution in [-0.2, 0) is 9.53 Å². The molecule has 2 amide bonds. The van der Waals surface area contributed by atoms with Crippen LogP contribution in [0.3, 0.4) is 0 Å². The van der Waals surface area contributed by atoms with Gasteiger partial charge in [-0.15, -0.1) is 0 Å². The van der Waals surface area contributed by atoms with Gasteiger partial charge in [-0.05, 0) is 32.9 Å². The molecule has 0 radical (unpaired) electrons. The van der Waals surface area contributed by atoms with Gasteiger partial charge in [-0.2, -0.15) is 0 Å². The predicted octanol–water partition coefficient (Wildman–Crippen LogP) is 1.71. The third-order valence-corrected chi connectivity index (χ3v) is 2.54. The first kappa shape index (κ1) is 18.6. The van der Waals surface area contributed by atoms with Gasteiger partial charge in [0.1, 0.15) is 5.60 Å². The minimum Gasteiger partial charge on any atom is -0.493 e. The Morgan fingerprint density at radius 2 is 1.65 bits per heavy atom. The van der Waals surface area contributed by atoms with E-state index in [4.69, 9.17) is 14.2 Å². The van der Waals surface area contributed by atoms with Crippen LogP contribution in [-0.4, -0.2) is 44.4 Å². The Bertz CT molecular complexity index is 525. The number of methoxy groups -OCH3 is 1. The minimum absolute atomic E-state index is 0.132. The van der Waals surface area contributed by atoms with Crippen LogP contribution in [0.5, 0.6) is 11.5 Å². The first-order valence-electron chi connectivity index (χ1n) is 7.31. The molecule has 1 aromatic rings. The van der Waals surface area contributed by atoms with Gasteiger partial charge in [-0.3, -0.25) is 4.79 Å². The van der Waals surface area contributed by atoms with E-state index in [1.54, 1.807) is 39.0 Å². The Labute approximate surface area is 136 Å². The fraction of sp³-hybridized carbons (Fsp3) is 0.500. The molecule has 7 heteroatoms. The van der Waals surface area contributed by atoms with E-state index >= 15 is 0 Å². The normalized spacial score (nSPS) is 10.6. The van der Waals surface area contributed by atoms with Crippen molar-refractivity contribution in [1.29, 1.82) is 0 Å². The summed E-state index contributed by atoms with van der Waals surface area (Å²) in [4.78, 5) is 23.1. The summed E-state index contributed by atoms with van der Waals surface area (Å²) in [7, 11) is 1.53. The second-order valence-electron chi connectivity index (χ2n) is 5.72. The van der Waals surface area contributed by atoms with Crippen LogP contribution >= 0.6 is 0 Å². The van der Waals surface area contributed by atoms with Crippen LogP contribution < -0.4 is 20.1 Å². The minimum atomic E-state index is -0.546. The molecule has 0 bridgehead atoms. The maximum Gasteiger partial charge on any atom is 0.407 e. The van der Waals surface area contributed by atoms with Crippen LogP contribution in [0, 0.1) is 0 Å². The highest BCUT2D eigenvalue weighted by Crippen LogP contribution is 2.25. The lowest BCUT2D eigenvalue weighted by Crippen LogP contribution is -2.39. The molecule has 0 saturated carbocycles. The van der Waals surface area contributed by atoms with Gasteiger partial charge in [0.05, 0.1) is 7.11 Å². The van der Waals surface area contributed by atoms with Crippen molar-refractivity contribution in [2.45, 2.75) is 26.4 Å². The number of amides is 2. The van der Waals surface area contributed by atoms with E-state index in [-0.39, 0.29) is 25.6 Å². The topological polar surface area (TPSA) is 85.9 Å². The molecule has 0 spiro atoms. The van der Waals surface area contributed by atoms with Crippen LogP contribution in [0.2, 0.25) is 0 Å². The van der Waals surface area contributed by atoms with E-state index in [1.165, 1.54) is 7.11 Å². The standard InChI is InChI=1S/C16H24N2O5/c1-16(2,3)23-15(20)18-10-9-17-14(19)11-22-13-8-6-5-7-12(13)21-4/h5-8H,9-11H2,1-4H3,(H,17,19)(H,18,20). The van der Waals surface area contributed by atoms with Crippen LogP contribution in [0.15, 0.2) is 24.3 Å². The van der Waals surface area contributed by atoms with Crippen molar-refractivity contribution in [1.82, 2.24) is 10.6 Å². The van der Waals surface area contributed by atoms with Gasteiger partial charge in [-0.25, -0.2) is 4.79 Å². The van der Waals surface area contributed by atoms with Crippen molar-refractivity contribution in [2.75, 3.05) is 26.8 Å². The summed E-state index contributed by atoms with van der Waals surface area (Å²) in [5.41, 5.74) is -0.546. The van der Waals surface area contributed by atoms with Crippen LogP contribution in [0.1, 0.15) is 20.8 Å². The lowest BCUT2D eigenvalue weighted by atomic mass is 10.2. The number of hydrogen-bond acceptors (Lipinski definition) is 5. The zero-order valence-electron chi connectivity index (χ0n) is 14.0. The number of carbonyl (C=O) groups is 2. The maximum absolute atomic E-state index is 11.7. The molecule has 7 nitrogen and oxygen atoms in total. The molecule has 0 heterocycles. The highest BCUT2D eigenvalue weighted by molar-refractivity contribution is 5.77. The van der Waals surface area contributed by atoms with E-state index in [2.05, 4.69) is 10.6 Å². The Kier molecular flexibility index (Phi) is 7.18. The van der Waals surface area contributed by atoms with Crippen molar-refractivity contribution in [3.63, 3.8) is 0 Å². The fourth-order valence-corrected chi connectivity index (χ4v) is 1.61. The summed E-state index contributed by atoms with van der Waals surface area (Å²) < 4.78 is 15.6. The van der Waals surface area contributed by atoms with Crippen molar-refractivity contribution < 1.29 is 23.8 Å². The molecule has 0 aliphatic heterocycles. The monoisotopic (exact) mass is 324 g/mol. The van der Waals surface area contributed by atoms with Gasteiger partial charge in [0.25, 0.3) is 5.91 Å². The molecular weight excluding hydrogens is 300 g/mol. The summed E-state index contributed by atoms with van der Waals surface area (Å²) >= 11 is 0. The SMILES string of the molecule is COc1ccccc1OCC(=O)NCCNC(=O)OC(C)(C)C. The number of ether oxygens (including phenoxy) is 3. The van der Waals surface area contributed by atoms with Crippen molar-refractivity contribution in [3.8, 4) is 11.5 Å². The average molecular weight is 324 g/mol. The number of para-hydroxylation sites is 2. The second-order valence-corrected chi connectivity index (χ2v) is 5.72. The fourth-order valence-electron chi connectivity index (χ4n) is 1.61. The molecule has 0 fully saturated rings. The van der Waals surface area contributed by atoms with E-state index in [0.29, 0.717) is 11.5 Å². The van der Waals surface area contributed by atoms with E-state index in [9.17, 15) is 9.59 Å². The number of carbonyl (C=O) groups excluding carboxylic acids is 2. The first-order chi connectivity index (χ1) is 10.8. The van der Waals surface area contributed by atoms with Crippen LogP contribution in [0.4, 0.5) is 4.79 Å². The molecule has 0 unspecified atom stereocenters. The number of nitrogens with one attached hydrogen (secondary N) is 2. The summed E-state index contributed by atoms with van der Waals surface area (Å²) in [5.74, 6) is 0.769. The first-order valence-corrected chi connectivity index (χ1v) is 7.31. The zero-order chi connectivity index (χ0) is 17.3.